The summed E-state index contributed by atoms with van der Waals surface area (Å²) in [6.45, 7) is 13.4. The number of benzene rings is 2. The van der Waals surface area contributed by atoms with Crippen molar-refractivity contribution in [3.63, 3.8) is 0 Å². The van der Waals surface area contributed by atoms with Gasteiger partial charge in [-0.3, -0.25) is 9.59 Å². The molecule has 0 aliphatic carbocycles. The van der Waals surface area contributed by atoms with Crippen LogP contribution in [0.1, 0.15) is 126 Å². The molecule has 0 amide bonds. The van der Waals surface area contributed by atoms with Gasteiger partial charge in [0.2, 0.25) is 0 Å². The van der Waals surface area contributed by atoms with Crippen LogP contribution in [-0.4, -0.2) is 31.7 Å². The van der Waals surface area contributed by atoms with Crippen LogP contribution in [0.15, 0.2) is 36.4 Å². The lowest BCUT2D eigenvalue weighted by atomic mass is 9.84. The van der Waals surface area contributed by atoms with Gasteiger partial charge in [0, 0.05) is 18.4 Å². The summed E-state index contributed by atoms with van der Waals surface area (Å²) < 4.78 is 0. The van der Waals surface area contributed by atoms with Gasteiger partial charge in [-0.15, -0.1) is 15.0 Å². The van der Waals surface area contributed by atoms with Crippen molar-refractivity contribution in [3.05, 3.63) is 47.5 Å². The molecular formula is C32H45N3O3. The highest BCUT2D eigenvalue weighted by atomic mass is 16.3. The first-order chi connectivity index (χ1) is 18.0. The van der Waals surface area contributed by atoms with Gasteiger partial charge in [0.15, 0.2) is 17.3 Å². The van der Waals surface area contributed by atoms with Crippen LogP contribution in [0.25, 0.3) is 16.7 Å². The predicted octanol–water partition coefficient (Wildman–Crippen LogP) is 8.48. The Morgan fingerprint density at radius 1 is 0.789 bits per heavy atom. The fourth-order valence-electron chi connectivity index (χ4n) is 4.52. The molecule has 0 saturated heterocycles. The zero-order valence-electron chi connectivity index (χ0n) is 24.1. The van der Waals surface area contributed by atoms with Crippen LogP contribution in [0, 0.1) is 10.8 Å². The van der Waals surface area contributed by atoms with E-state index in [4.69, 9.17) is 0 Å². The topological polar surface area (TPSA) is 85.1 Å². The number of Topliss-reactive ketones (excluding diaryl/α,β-unsaturated/α-hetero) is 2. The molecule has 0 fully saturated rings. The van der Waals surface area contributed by atoms with Crippen LogP contribution in [0.5, 0.6) is 5.75 Å². The molecule has 6 heteroatoms. The molecule has 0 aliphatic heterocycles. The number of hydrogen-bond donors (Lipinski definition) is 1. The van der Waals surface area contributed by atoms with Crippen LogP contribution in [0.4, 0.5) is 0 Å². The number of phenolic OH excluding ortho intramolecular Hbond substituents is 1. The smallest absolute Gasteiger partial charge is 0.166 e. The third-order valence-electron chi connectivity index (χ3n) is 8.14. The fourth-order valence-corrected chi connectivity index (χ4v) is 4.52. The summed E-state index contributed by atoms with van der Waals surface area (Å²) in [6.07, 6.45) is 8.49. The van der Waals surface area contributed by atoms with Crippen molar-refractivity contribution in [3.8, 4) is 11.4 Å². The lowest BCUT2D eigenvalue weighted by molar-refractivity contribution is 0.0974. The number of rotatable bonds is 15. The van der Waals surface area contributed by atoms with E-state index in [0.29, 0.717) is 29.4 Å². The molecule has 38 heavy (non-hydrogen) atoms. The molecule has 206 valence electrons. The maximum Gasteiger partial charge on any atom is 0.166 e. The minimum atomic E-state index is -0.176. The second-order valence-electron chi connectivity index (χ2n) is 12.2. The average molecular weight is 520 g/mol. The van der Waals surface area contributed by atoms with E-state index >= 15 is 0 Å². The molecule has 3 aromatic rings. The van der Waals surface area contributed by atoms with E-state index in [0.717, 1.165) is 51.4 Å². The van der Waals surface area contributed by atoms with Crippen molar-refractivity contribution in [2.45, 2.75) is 106 Å². The number of ketones is 2. The number of aromatic hydroxyl groups is 1. The zero-order chi connectivity index (χ0) is 27.9. The number of aromatic nitrogens is 3. The Morgan fingerprint density at radius 2 is 1.29 bits per heavy atom. The summed E-state index contributed by atoms with van der Waals surface area (Å²) in [4.78, 5) is 27.8. The number of fused-ring (bicyclic) bond motifs is 1. The maximum absolute atomic E-state index is 13.3. The van der Waals surface area contributed by atoms with Gasteiger partial charge < -0.3 is 5.11 Å². The summed E-state index contributed by atoms with van der Waals surface area (Å²) in [7, 11) is 0. The second-order valence-corrected chi connectivity index (χ2v) is 12.2. The molecule has 3 rings (SSSR count). The number of carbonyl (C=O) groups excluding carboxylic acids is 2. The van der Waals surface area contributed by atoms with Crippen molar-refractivity contribution in [2.24, 2.45) is 10.8 Å². The Morgan fingerprint density at radius 3 is 1.79 bits per heavy atom. The SMILES string of the molecule is CCC(C)(C)CCCCC(=O)c1cc(C(=O)CCCCC(C)(C)CC)c(O)c(-n2nc3ccccc3n2)c1. The molecular weight excluding hydrogens is 474 g/mol. The van der Waals surface area contributed by atoms with Gasteiger partial charge in [-0.25, -0.2) is 0 Å². The molecule has 0 bridgehead atoms. The first-order valence-corrected chi connectivity index (χ1v) is 14.2. The van der Waals surface area contributed by atoms with Gasteiger partial charge >= 0.3 is 0 Å². The molecule has 0 atom stereocenters. The minimum absolute atomic E-state index is 0.0315. The molecule has 0 unspecified atom stereocenters. The number of carbonyl (C=O) groups is 2. The first-order valence-electron chi connectivity index (χ1n) is 14.2. The maximum atomic E-state index is 13.3. The van der Waals surface area contributed by atoms with E-state index in [9.17, 15) is 14.7 Å². The minimum Gasteiger partial charge on any atom is -0.505 e. The highest BCUT2D eigenvalue weighted by Gasteiger charge is 2.22. The number of unbranched alkanes of at least 4 members (excludes halogenated alkanes) is 2. The lowest BCUT2D eigenvalue weighted by Gasteiger charge is -2.22. The highest BCUT2D eigenvalue weighted by molar-refractivity contribution is 6.04. The molecule has 0 saturated carbocycles. The molecule has 1 aromatic heterocycles. The molecule has 1 N–H and O–H groups in total. The van der Waals surface area contributed by atoms with Gasteiger partial charge in [0.25, 0.3) is 0 Å². The van der Waals surface area contributed by atoms with Crippen LogP contribution in [0.3, 0.4) is 0 Å². The second kappa shape index (κ2) is 12.7. The van der Waals surface area contributed by atoms with Crippen LogP contribution >= 0.6 is 0 Å². The first kappa shape index (κ1) is 29.5. The van der Waals surface area contributed by atoms with Gasteiger partial charge in [-0.05, 0) is 60.8 Å². The average Bonchev–Trinajstić information content (AvgIpc) is 3.33. The van der Waals surface area contributed by atoms with Crippen molar-refractivity contribution >= 4 is 22.6 Å². The van der Waals surface area contributed by atoms with Crippen molar-refractivity contribution in [2.75, 3.05) is 0 Å². The highest BCUT2D eigenvalue weighted by Crippen LogP contribution is 2.32. The van der Waals surface area contributed by atoms with E-state index in [1.165, 1.54) is 4.80 Å². The van der Waals surface area contributed by atoms with Crippen LogP contribution in [-0.2, 0) is 0 Å². The van der Waals surface area contributed by atoms with Crippen LogP contribution < -0.4 is 0 Å². The quantitative estimate of drug-likeness (QED) is 0.161. The van der Waals surface area contributed by atoms with Gasteiger partial charge in [-0.2, -0.15) is 0 Å². The molecule has 0 aliphatic rings. The monoisotopic (exact) mass is 519 g/mol. The standard InChI is InChI=1S/C32H45N3O3/c1-7-31(3,4)19-13-11-17-28(36)23-21-24(29(37)18-12-14-20-32(5,6)8-2)30(38)27(22-23)35-33-25-15-9-10-16-26(25)34-35/h9-10,15-16,21-22,38H,7-8,11-14,17-20H2,1-6H3. The summed E-state index contributed by atoms with van der Waals surface area (Å²) in [5.41, 5.74) is 2.73. The summed E-state index contributed by atoms with van der Waals surface area (Å²) in [5, 5.41) is 20.1. The Kier molecular flexibility index (Phi) is 9.86. The Hall–Kier alpha value is -3.02. The van der Waals surface area contributed by atoms with E-state index < -0.39 is 0 Å². The van der Waals surface area contributed by atoms with Crippen molar-refractivity contribution < 1.29 is 14.7 Å². The Balaban J connectivity index is 1.85. The third kappa shape index (κ3) is 7.75. The number of nitrogens with zero attached hydrogens (tertiary/aromatic N) is 3. The lowest BCUT2D eigenvalue weighted by Crippen LogP contribution is -2.11. The molecule has 6 nitrogen and oxygen atoms in total. The number of phenols is 1. The van der Waals surface area contributed by atoms with Gasteiger partial charge in [-0.1, -0.05) is 79.4 Å². The fraction of sp³-hybridized carbons (Fsp3) is 0.562. The number of hydrogen-bond acceptors (Lipinski definition) is 5. The van der Waals surface area contributed by atoms with E-state index in [-0.39, 0.29) is 39.4 Å². The third-order valence-corrected chi connectivity index (χ3v) is 8.14. The normalized spacial score (nSPS) is 12.3. The zero-order valence-corrected chi connectivity index (χ0v) is 24.1. The molecule has 0 spiro atoms. The summed E-state index contributed by atoms with van der Waals surface area (Å²) >= 11 is 0. The largest absolute Gasteiger partial charge is 0.505 e. The van der Waals surface area contributed by atoms with E-state index in [2.05, 4.69) is 51.7 Å². The van der Waals surface area contributed by atoms with E-state index in [1.54, 1.807) is 12.1 Å². The molecule has 0 radical (unpaired) electrons. The molecule has 1 heterocycles. The van der Waals surface area contributed by atoms with Crippen LogP contribution in [0.2, 0.25) is 0 Å². The summed E-state index contributed by atoms with van der Waals surface area (Å²) in [6, 6.07) is 10.6. The molecule has 2 aromatic carbocycles. The van der Waals surface area contributed by atoms with Gasteiger partial charge in [0.05, 0.1) is 5.56 Å². The Bertz CT molecular complexity index is 1220. The summed E-state index contributed by atoms with van der Waals surface area (Å²) in [5.74, 6) is -0.365. The van der Waals surface area contributed by atoms with Crippen molar-refractivity contribution in [1.29, 1.82) is 0 Å². The van der Waals surface area contributed by atoms with Gasteiger partial charge in [0.1, 0.15) is 16.7 Å². The van der Waals surface area contributed by atoms with E-state index in [1.807, 2.05) is 24.3 Å². The van der Waals surface area contributed by atoms with Crippen molar-refractivity contribution in [1.82, 2.24) is 15.0 Å². The predicted molar refractivity (Wildman–Crippen MR) is 154 cm³/mol. The Labute approximate surface area is 227 Å².